The Labute approximate surface area is 219 Å². The largest absolute Gasteiger partial charge is 0.497 e. The monoisotopic (exact) mass is 528 g/mol. The van der Waals surface area contributed by atoms with Crippen molar-refractivity contribution < 1.29 is 33.7 Å². The molecule has 5 rings (SSSR count). The number of hydrogen-bond donors (Lipinski definition) is 1. The van der Waals surface area contributed by atoms with Crippen molar-refractivity contribution in [3.8, 4) is 11.6 Å². The number of cyclic esters (lactones) is 1. The van der Waals surface area contributed by atoms with E-state index in [2.05, 4.69) is 4.98 Å². The van der Waals surface area contributed by atoms with Crippen LogP contribution in [0.2, 0.25) is 5.15 Å². The number of nitrogens with zero attached hydrogens (tertiary/aromatic N) is 2. The van der Waals surface area contributed by atoms with Crippen molar-refractivity contribution in [2.24, 2.45) is 11.3 Å². The van der Waals surface area contributed by atoms with Crippen molar-refractivity contribution in [3.05, 3.63) is 41.6 Å². The quantitative estimate of drug-likeness (QED) is 0.450. The number of ketones is 1. The highest BCUT2D eigenvalue weighted by molar-refractivity contribution is 6.30. The number of aromatic nitrogens is 1. The number of ether oxygens (including phenoxy) is 3. The number of hydrogen-bond acceptors (Lipinski definition) is 7. The first-order valence-electron chi connectivity index (χ1n) is 12.5. The van der Waals surface area contributed by atoms with E-state index in [-0.39, 0.29) is 48.7 Å². The number of methoxy groups -OCH3 is 1. The van der Waals surface area contributed by atoms with E-state index in [0.29, 0.717) is 24.0 Å². The van der Waals surface area contributed by atoms with Crippen LogP contribution in [0.25, 0.3) is 10.8 Å². The molecule has 1 saturated carbocycles. The predicted molar refractivity (Wildman–Crippen MR) is 135 cm³/mol. The van der Waals surface area contributed by atoms with Crippen LogP contribution >= 0.6 is 11.6 Å². The van der Waals surface area contributed by atoms with Crippen LogP contribution in [0.1, 0.15) is 38.5 Å². The second-order valence-corrected chi connectivity index (χ2v) is 10.3. The van der Waals surface area contributed by atoms with Crippen LogP contribution in [0.4, 0.5) is 4.79 Å². The number of fused-ring (bicyclic) bond motifs is 3. The Morgan fingerprint density at radius 1 is 1.27 bits per heavy atom. The molecule has 1 aromatic heterocycles. The Balaban J connectivity index is 1.40. The molecule has 1 N–H and O–H groups in total. The molecule has 3 aliphatic rings. The van der Waals surface area contributed by atoms with Crippen LogP contribution in [0.5, 0.6) is 11.6 Å². The van der Waals surface area contributed by atoms with Gasteiger partial charge in [0.25, 0.3) is 0 Å². The molecule has 4 atom stereocenters. The molecular weight excluding hydrogens is 500 g/mol. The van der Waals surface area contributed by atoms with Crippen molar-refractivity contribution in [3.63, 3.8) is 0 Å². The number of halogens is 1. The fraction of sp³-hybridized carbons (Fsp3) is 0.481. The lowest BCUT2D eigenvalue weighted by Gasteiger charge is -2.24. The number of carbonyl (C=O) groups is 3. The van der Waals surface area contributed by atoms with Gasteiger partial charge in [0, 0.05) is 18.2 Å². The van der Waals surface area contributed by atoms with Gasteiger partial charge in [-0.05, 0) is 61.3 Å². The standard InChI is InChI=1S/C27H29ClN2O7/c1-35-18-7-8-20-16(10-18)11-23(28)29-24(20)37-19-12-21-22(31)14-27(25(32)33)13-17(27)6-4-2-3-5-9-36-26(34)30(21)15-19/h4,6-8,10-11,17,19,21H,2-3,5,9,12-15H2,1H3,(H,32,33)/b6-4-/t17-,19-,21+,27-/m1/s1. The molecule has 0 unspecified atom stereocenters. The molecule has 3 heterocycles. The zero-order valence-electron chi connectivity index (χ0n) is 20.5. The summed E-state index contributed by atoms with van der Waals surface area (Å²) in [6, 6.07) is 6.28. The lowest BCUT2D eigenvalue weighted by molar-refractivity contribution is -0.146. The number of benzene rings is 1. The van der Waals surface area contributed by atoms with Gasteiger partial charge in [-0.2, -0.15) is 0 Å². The number of amides is 1. The number of pyridine rings is 1. The third-order valence-corrected chi connectivity index (χ3v) is 7.72. The summed E-state index contributed by atoms with van der Waals surface area (Å²) in [5.41, 5.74) is -1.12. The molecule has 9 nitrogen and oxygen atoms in total. The smallest absolute Gasteiger partial charge is 0.410 e. The molecule has 2 aromatic rings. The van der Waals surface area contributed by atoms with Crippen molar-refractivity contribution in [1.29, 1.82) is 0 Å². The van der Waals surface area contributed by atoms with E-state index in [0.717, 1.165) is 18.2 Å². The molecular formula is C27H29ClN2O7. The average Bonchev–Trinajstić information content (AvgIpc) is 3.40. The summed E-state index contributed by atoms with van der Waals surface area (Å²) >= 11 is 6.24. The van der Waals surface area contributed by atoms with E-state index in [1.54, 1.807) is 19.2 Å². The lowest BCUT2D eigenvalue weighted by atomic mass is 9.92. The minimum absolute atomic E-state index is 0.116. The summed E-state index contributed by atoms with van der Waals surface area (Å²) in [7, 11) is 1.57. The van der Waals surface area contributed by atoms with E-state index in [4.69, 9.17) is 25.8 Å². The number of carbonyl (C=O) groups excluding carboxylic acids is 2. The van der Waals surface area contributed by atoms with Gasteiger partial charge in [-0.3, -0.25) is 14.5 Å². The molecule has 2 aliphatic heterocycles. The number of allylic oxidation sites excluding steroid dienone is 2. The molecule has 1 aromatic carbocycles. The maximum atomic E-state index is 13.4. The lowest BCUT2D eigenvalue weighted by Crippen LogP contribution is -2.42. The van der Waals surface area contributed by atoms with Gasteiger partial charge in [-0.25, -0.2) is 9.78 Å². The third kappa shape index (κ3) is 5.09. The van der Waals surface area contributed by atoms with Gasteiger partial charge in [0.05, 0.1) is 31.7 Å². The number of Topliss-reactive ketones (excluding diaryl/α,β-unsaturated/α-hetero) is 1. The van der Waals surface area contributed by atoms with Crippen molar-refractivity contribution >= 4 is 40.2 Å². The highest BCUT2D eigenvalue weighted by Gasteiger charge is 2.61. The van der Waals surface area contributed by atoms with Crippen molar-refractivity contribution in [1.82, 2.24) is 9.88 Å². The zero-order chi connectivity index (χ0) is 26.2. The maximum Gasteiger partial charge on any atom is 0.410 e. The number of carboxylic acids is 1. The van der Waals surface area contributed by atoms with Gasteiger partial charge in [0.15, 0.2) is 5.78 Å². The normalized spacial score (nSPS) is 29.0. The first kappa shape index (κ1) is 25.3. The van der Waals surface area contributed by atoms with E-state index in [9.17, 15) is 19.5 Å². The highest BCUT2D eigenvalue weighted by Crippen LogP contribution is 2.57. The Hall–Kier alpha value is -3.33. The molecule has 0 spiro atoms. The third-order valence-electron chi connectivity index (χ3n) is 7.53. The molecule has 1 saturated heterocycles. The Kier molecular flexibility index (Phi) is 6.98. The molecule has 0 bridgehead atoms. The predicted octanol–water partition coefficient (Wildman–Crippen LogP) is 4.65. The van der Waals surface area contributed by atoms with E-state index in [1.807, 2.05) is 24.3 Å². The Morgan fingerprint density at radius 2 is 2.11 bits per heavy atom. The van der Waals surface area contributed by atoms with Gasteiger partial charge < -0.3 is 19.3 Å². The van der Waals surface area contributed by atoms with Gasteiger partial charge in [-0.1, -0.05) is 23.8 Å². The summed E-state index contributed by atoms with van der Waals surface area (Å²) < 4.78 is 17.0. The Morgan fingerprint density at radius 3 is 2.89 bits per heavy atom. The van der Waals surface area contributed by atoms with Crippen LogP contribution < -0.4 is 9.47 Å². The van der Waals surface area contributed by atoms with E-state index < -0.39 is 29.6 Å². The van der Waals surface area contributed by atoms with Crippen LogP contribution in [0, 0.1) is 11.3 Å². The van der Waals surface area contributed by atoms with Crippen LogP contribution in [0.3, 0.4) is 0 Å². The van der Waals surface area contributed by atoms with Gasteiger partial charge >= 0.3 is 12.1 Å². The summed E-state index contributed by atoms with van der Waals surface area (Å²) in [5.74, 6) is -0.507. The van der Waals surface area contributed by atoms with Gasteiger partial charge in [0.2, 0.25) is 5.88 Å². The minimum Gasteiger partial charge on any atom is -0.497 e. The molecule has 1 amide bonds. The van der Waals surface area contributed by atoms with Gasteiger partial charge in [-0.15, -0.1) is 0 Å². The molecule has 196 valence electrons. The van der Waals surface area contributed by atoms with E-state index in [1.165, 1.54) is 4.90 Å². The first-order valence-corrected chi connectivity index (χ1v) is 12.9. The van der Waals surface area contributed by atoms with Crippen LogP contribution in [0.15, 0.2) is 36.4 Å². The molecule has 37 heavy (non-hydrogen) atoms. The average molecular weight is 529 g/mol. The number of rotatable bonds is 4. The number of carboxylic acid groups (broad SMARTS) is 1. The summed E-state index contributed by atoms with van der Waals surface area (Å²) in [6.45, 7) is 0.366. The fourth-order valence-corrected chi connectivity index (χ4v) is 5.54. The van der Waals surface area contributed by atoms with Crippen LogP contribution in [-0.4, -0.2) is 65.2 Å². The maximum absolute atomic E-state index is 13.4. The second kappa shape index (κ2) is 10.2. The highest BCUT2D eigenvalue weighted by atomic mass is 35.5. The fourth-order valence-electron chi connectivity index (χ4n) is 5.34. The first-order chi connectivity index (χ1) is 17.8. The summed E-state index contributed by atoms with van der Waals surface area (Å²) in [5, 5.41) is 11.6. The van der Waals surface area contributed by atoms with Crippen LogP contribution in [-0.2, 0) is 14.3 Å². The van der Waals surface area contributed by atoms with E-state index >= 15 is 0 Å². The van der Waals surface area contributed by atoms with Crippen molar-refractivity contribution in [2.75, 3.05) is 20.3 Å². The molecule has 2 fully saturated rings. The molecule has 0 radical (unpaired) electrons. The topological polar surface area (TPSA) is 115 Å². The molecule has 1 aliphatic carbocycles. The second-order valence-electron chi connectivity index (χ2n) is 9.93. The Bertz CT molecular complexity index is 1260. The van der Waals surface area contributed by atoms with Gasteiger partial charge in [0.1, 0.15) is 17.0 Å². The van der Waals surface area contributed by atoms with Crippen molar-refractivity contribution in [2.45, 2.75) is 50.7 Å². The summed E-state index contributed by atoms with van der Waals surface area (Å²) in [4.78, 5) is 44.2. The molecule has 10 heteroatoms. The number of aliphatic carboxylic acids is 1. The summed E-state index contributed by atoms with van der Waals surface area (Å²) in [6.07, 6.45) is 5.50. The SMILES string of the molecule is COc1ccc2c(O[C@@H]3C[C@H]4C(=O)C[C@]5(C(=O)O)C[C@H]5/C=C\CCCCOC(=O)N4C3)nc(Cl)cc2c1. The minimum atomic E-state index is -1.12. The zero-order valence-corrected chi connectivity index (χ0v) is 21.3.